The van der Waals surface area contributed by atoms with Crippen molar-refractivity contribution in [2.75, 3.05) is 32.1 Å². The van der Waals surface area contributed by atoms with E-state index in [9.17, 15) is 63.5 Å². The van der Waals surface area contributed by atoms with E-state index >= 15 is 0 Å². The summed E-state index contributed by atoms with van der Waals surface area (Å²) in [6, 6.07) is -0.416. The van der Waals surface area contributed by atoms with Gasteiger partial charge in [-0.3, -0.25) is 47.8 Å². The van der Waals surface area contributed by atoms with Crippen molar-refractivity contribution < 1.29 is 116 Å². The quantitative estimate of drug-likeness (QED) is 0.0865. The summed E-state index contributed by atoms with van der Waals surface area (Å²) in [7, 11) is -14.2. The smallest absolute Gasteiger partial charge is 0.387 e. The van der Waals surface area contributed by atoms with Gasteiger partial charge in [0.1, 0.15) is 72.9 Å². The lowest BCUT2D eigenvalue weighted by Gasteiger charge is -2.32. The highest BCUT2D eigenvalue weighted by Gasteiger charge is 2.51. The van der Waals surface area contributed by atoms with Gasteiger partial charge in [-0.25, -0.2) is 28.3 Å². The number of nitrogen functional groups attached to an aromatic ring is 1. The molecule has 7 heterocycles. The molecule has 0 aliphatic carbocycles. The van der Waals surface area contributed by atoms with Crippen molar-refractivity contribution in [2.45, 2.75) is 86.1 Å². The van der Waals surface area contributed by atoms with Crippen LogP contribution in [0.4, 0.5) is 10.6 Å². The van der Waals surface area contributed by atoms with Crippen LogP contribution in [0.25, 0.3) is 0 Å². The molecule has 37 heteroatoms. The van der Waals surface area contributed by atoms with Gasteiger partial charge in [-0.2, -0.15) is 9.98 Å². The van der Waals surface area contributed by atoms with Crippen molar-refractivity contribution in [3.8, 4) is 0 Å². The first-order valence-electron chi connectivity index (χ1n) is 18.2. The monoisotopic (exact) mass is 997 g/mol. The molecule has 4 saturated heterocycles. The van der Waals surface area contributed by atoms with Crippen molar-refractivity contribution >= 4 is 65.6 Å². The minimum Gasteiger partial charge on any atom is -0.387 e. The van der Waals surface area contributed by atoms with Gasteiger partial charge in [-0.05, 0) is 6.07 Å². The fourth-order valence-corrected chi connectivity index (χ4v) is 7.42. The highest BCUT2D eigenvalue weighted by molar-refractivity contribution is 7.46. The van der Waals surface area contributed by atoms with E-state index in [-0.39, 0.29) is 24.6 Å². The molecule has 7 rings (SSSR count). The third-order valence-corrected chi connectivity index (χ3v) is 10.9. The average molecular weight is 998 g/mol. The number of amidine groups is 1. The molecule has 364 valence electrons. The third kappa shape index (κ3) is 13.4. The molecule has 13 atom stereocenters. The molecule has 6 aliphatic heterocycles. The number of hydrogen-bond donors (Lipinski definition) is 14. The van der Waals surface area contributed by atoms with E-state index < -0.39 is 146 Å². The summed E-state index contributed by atoms with van der Waals surface area (Å²) in [5, 5.41) is 61.3. The molecule has 1 unspecified atom stereocenters. The van der Waals surface area contributed by atoms with Gasteiger partial charge in [0.2, 0.25) is 5.91 Å². The fraction of sp³-hybridized carbons (Fsp3) is 0.643. The van der Waals surface area contributed by atoms with Crippen LogP contribution < -0.4 is 16.7 Å². The van der Waals surface area contributed by atoms with Crippen LogP contribution in [0.1, 0.15) is 12.6 Å². The summed E-state index contributed by atoms with van der Waals surface area (Å²) in [5.41, 5.74) is 4.52. The molecule has 0 aromatic carbocycles. The van der Waals surface area contributed by atoms with E-state index in [4.69, 9.17) is 49.3 Å². The Labute approximate surface area is 361 Å². The molecule has 15 N–H and O–H groups in total. The first-order valence-corrected chi connectivity index (χ1v) is 22.8. The number of anilines is 1. The summed E-state index contributed by atoms with van der Waals surface area (Å²) < 4.78 is 61.3. The second kappa shape index (κ2) is 20.9. The normalized spacial score (nSPS) is 33.6. The van der Waals surface area contributed by atoms with Gasteiger partial charge in [0.25, 0.3) is 5.91 Å². The molecule has 0 saturated carbocycles. The third-order valence-electron chi connectivity index (χ3n) is 9.48. The molecule has 1 aromatic heterocycles. The Kier molecular flexibility index (Phi) is 16.8. The van der Waals surface area contributed by atoms with Crippen molar-refractivity contribution in [1.82, 2.24) is 24.7 Å². The van der Waals surface area contributed by atoms with E-state index in [1.807, 2.05) is 5.32 Å². The summed E-state index contributed by atoms with van der Waals surface area (Å²) >= 11 is 0. The number of carbonyl (C=O) groups excluding carboxylic acids is 3. The molecule has 6 aliphatic rings. The van der Waals surface area contributed by atoms with Crippen LogP contribution in [0.15, 0.2) is 32.0 Å². The summed E-state index contributed by atoms with van der Waals surface area (Å²) in [5.74, 6) is -0.836. The lowest BCUT2D eigenvalue weighted by atomic mass is 10.1. The zero-order valence-electron chi connectivity index (χ0n) is 32.6. The zero-order chi connectivity index (χ0) is 48.3. The van der Waals surface area contributed by atoms with Crippen LogP contribution in [-0.4, -0.2) is 216 Å². The average Bonchev–Trinajstić information content (AvgIpc) is 3.92. The Hall–Kier alpha value is -3.93. The van der Waals surface area contributed by atoms with Crippen LogP contribution in [0.5, 0.6) is 0 Å². The lowest BCUT2D eigenvalue weighted by molar-refractivity contribution is -0.125. The van der Waals surface area contributed by atoms with Crippen LogP contribution in [0.3, 0.4) is 0 Å². The predicted molar refractivity (Wildman–Crippen MR) is 204 cm³/mol. The van der Waals surface area contributed by atoms with Crippen LogP contribution in [-0.2, 0) is 51.1 Å². The number of amides is 4. The van der Waals surface area contributed by atoms with Gasteiger partial charge in [0.15, 0.2) is 24.7 Å². The maximum atomic E-state index is 11.6. The highest BCUT2D eigenvalue weighted by Crippen LogP contribution is 2.40. The van der Waals surface area contributed by atoms with Gasteiger partial charge in [0, 0.05) is 19.2 Å². The van der Waals surface area contributed by atoms with Crippen LogP contribution in [0.2, 0.25) is 0 Å². The van der Waals surface area contributed by atoms with Crippen LogP contribution in [0, 0.1) is 0 Å². The molecule has 1 aromatic rings. The van der Waals surface area contributed by atoms with Crippen molar-refractivity contribution in [3.63, 3.8) is 0 Å². The second-order valence-corrected chi connectivity index (χ2v) is 17.7. The van der Waals surface area contributed by atoms with Crippen molar-refractivity contribution in [3.05, 3.63) is 22.7 Å². The number of nitrogens with one attached hydrogen (secondary N) is 1. The van der Waals surface area contributed by atoms with Crippen molar-refractivity contribution in [2.24, 2.45) is 15.0 Å². The van der Waals surface area contributed by atoms with E-state index in [2.05, 4.69) is 33.5 Å². The van der Waals surface area contributed by atoms with E-state index in [1.165, 1.54) is 23.5 Å². The largest absolute Gasteiger partial charge is 0.469 e. The number of nitrogens with two attached hydrogens (primary N) is 1. The number of rotatable bonds is 12. The number of urea groups is 1. The molecular formula is C28H42N9O25P3. The number of imide groups is 1. The summed E-state index contributed by atoms with van der Waals surface area (Å²) in [6.45, 7) is -1.95. The molecule has 4 amide bonds. The molecule has 0 radical (unpaired) electrons. The number of fused-ring (bicyclic) bond motifs is 1. The first kappa shape index (κ1) is 52.0. The van der Waals surface area contributed by atoms with Crippen molar-refractivity contribution in [1.29, 1.82) is 0 Å². The zero-order valence-corrected chi connectivity index (χ0v) is 35.3. The molecule has 4 fully saturated rings. The maximum Gasteiger partial charge on any atom is 0.469 e. The summed E-state index contributed by atoms with van der Waals surface area (Å²) in [6.07, 6.45) is -12.6. The lowest BCUT2D eigenvalue weighted by Crippen LogP contribution is -2.56. The van der Waals surface area contributed by atoms with Gasteiger partial charge in [0.05, 0.1) is 26.2 Å². The standard InChI is InChI=1S/C10H13N4O8P.C9H14N3O8P.C9H15N2O9P/c15-6-4(1-21-23(18,19)20)22-10(7(6)16)14-3-13-5-8(14)11-2-12-9(5)17;10-5-1-2-12(9(15)11-5)8-7(14)6(13)4(20-8)3-19-21(16,17)18;12-5-1-2-11(9(15)10-5)8-7(14)6(13)4(20-8)3-19-21(16,17)18/h2-7,10,15-16H,1H2,(H2,18,19,20);1-2,4,6-8,13-14H,3H2,(H2,10,11,15)(H2,16,17,18);4,6-8,13-14H,1-3H2,(H,10,12,15)(H2,16,17,18)/t4-,5?,6-,7-,10-;2*4-,6-,7-,8-/m111/s1. The maximum absolute atomic E-state index is 11.6. The minimum absolute atomic E-state index is 0.00875. The molecular weight excluding hydrogens is 955 g/mol. The van der Waals surface area contributed by atoms with Gasteiger partial charge in [-0.15, -0.1) is 0 Å². The number of nitrogens with zero attached hydrogens (tertiary/aromatic N) is 7. The van der Waals surface area contributed by atoms with E-state index in [0.717, 1.165) is 15.8 Å². The number of ether oxygens (including phenoxy) is 3. The van der Waals surface area contributed by atoms with Crippen LogP contribution >= 0.6 is 23.5 Å². The number of carbonyl (C=O) groups is 3. The number of aliphatic hydroxyl groups is 6. The Morgan fingerprint density at radius 3 is 1.69 bits per heavy atom. The number of phosphoric acid groups is 3. The SMILES string of the molecule is Nc1ccn([C@@H]2O[C@H](COP(=O)(O)O)[C@@H](O)[C@H]2O)c(=O)n1.O=C1CCN([C@@H]2O[C@H](COP(=O)(O)O)[C@@H](O)[C@H]2O)C(=O)N1.O=C1N=CN=C2C1N=CN2[C@@H]1O[C@H](COP(=O)(O)O)[C@@H](O)[C@H]1O. The molecule has 34 nitrogen and oxygen atoms in total. The predicted octanol–water partition coefficient (Wildman–Crippen LogP) is -7.74. The minimum atomic E-state index is -4.75. The Morgan fingerprint density at radius 2 is 1.20 bits per heavy atom. The number of hydrogen-bond acceptors (Lipinski definition) is 24. The van der Waals surface area contributed by atoms with Gasteiger partial charge >= 0.3 is 35.2 Å². The Bertz CT molecular complexity index is 2220. The number of phosphoric ester groups is 3. The van der Waals surface area contributed by atoms with Gasteiger partial charge < -0.3 is 79.9 Å². The summed E-state index contributed by atoms with van der Waals surface area (Å²) in [4.78, 5) is 115. The number of aromatic nitrogens is 2. The number of aliphatic hydroxyl groups excluding tert-OH is 6. The fourth-order valence-electron chi connectivity index (χ4n) is 6.40. The number of aliphatic imine (C=N–C) groups is 3. The molecule has 0 spiro atoms. The van der Waals surface area contributed by atoms with Gasteiger partial charge in [-0.1, -0.05) is 0 Å². The Morgan fingerprint density at radius 1 is 0.723 bits per heavy atom. The highest BCUT2D eigenvalue weighted by atomic mass is 31.2. The van der Waals surface area contributed by atoms with E-state index in [1.54, 1.807) is 0 Å². The molecule has 65 heavy (non-hydrogen) atoms. The molecule has 0 bridgehead atoms. The first-order chi connectivity index (χ1) is 30.2. The topological polar surface area (TPSA) is 517 Å². The second-order valence-electron chi connectivity index (χ2n) is 14.0. The van der Waals surface area contributed by atoms with E-state index in [0.29, 0.717) is 0 Å². The Balaban J connectivity index is 0.000000183.